The topological polar surface area (TPSA) is 20.2 Å². The molecule has 0 radical (unpaired) electrons. The first-order valence-electron chi connectivity index (χ1n) is 3.90. The molecule has 0 aliphatic rings. The molecule has 0 spiro atoms. The van der Waals surface area contributed by atoms with Crippen LogP contribution in [0.1, 0.15) is 5.56 Å². The highest BCUT2D eigenvalue weighted by atomic mass is 28.3. The summed E-state index contributed by atoms with van der Waals surface area (Å²) in [6, 6.07) is 5.83. The number of phenols is 1. The fraction of sp³-hybridized carbons (Fsp3) is 0.333. The van der Waals surface area contributed by atoms with Gasteiger partial charge in [-0.3, -0.25) is 0 Å². The molecule has 0 saturated carbocycles. The molecule has 1 rings (SSSR count). The van der Waals surface area contributed by atoms with Gasteiger partial charge in [-0.05, 0) is 24.6 Å². The Balaban J connectivity index is 3.08. The van der Waals surface area contributed by atoms with Crippen LogP contribution < -0.4 is 5.19 Å². The minimum absolute atomic E-state index is 0.404. The molecule has 60 valence electrons. The second-order valence-electron chi connectivity index (χ2n) is 3.26. The lowest BCUT2D eigenvalue weighted by Gasteiger charge is -2.05. The Hall–Kier alpha value is -0.763. The SMILES string of the molecule is Cc1cc(O)cc([SiH](C)C)c1. The lowest BCUT2D eigenvalue weighted by atomic mass is 10.2. The van der Waals surface area contributed by atoms with Gasteiger partial charge < -0.3 is 5.11 Å². The van der Waals surface area contributed by atoms with E-state index < -0.39 is 8.80 Å². The summed E-state index contributed by atoms with van der Waals surface area (Å²) in [5, 5.41) is 10.6. The number of aromatic hydroxyl groups is 1. The Bertz CT molecular complexity index is 235. The Morgan fingerprint density at radius 2 is 1.82 bits per heavy atom. The summed E-state index contributed by atoms with van der Waals surface area (Å²) in [5.41, 5.74) is 1.15. The highest BCUT2D eigenvalue weighted by Crippen LogP contribution is 2.08. The molecule has 0 saturated heterocycles. The maximum absolute atomic E-state index is 9.26. The predicted octanol–water partition coefficient (Wildman–Crippen LogP) is 1.39. The molecule has 0 bridgehead atoms. The quantitative estimate of drug-likeness (QED) is 0.625. The van der Waals surface area contributed by atoms with Crippen LogP contribution in [-0.4, -0.2) is 13.9 Å². The lowest BCUT2D eigenvalue weighted by Crippen LogP contribution is -2.22. The van der Waals surface area contributed by atoms with Gasteiger partial charge >= 0.3 is 0 Å². The molecule has 0 atom stereocenters. The molecule has 2 heteroatoms. The minimum Gasteiger partial charge on any atom is -0.508 e. The number of hydrogen-bond acceptors (Lipinski definition) is 1. The lowest BCUT2D eigenvalue weighted by molar-refractivity contribution is 0.475. The van der Waals surface area contributed by atoms with Crippen LogP contribution in [0.2, 0.25) is 13.1 Å². The maximum atomic E-state index is 9.26. The number of rotatable bonds is 1. The summed E-state index contributed by atoms with van der Waals surface area (Å²) in [5.74, 6) is 0.404. The Morgan fingerprint density at radius 3 is 2.27 bits per heavy atom. The van der Waals surface area contributed by atoms with Crippen LogP contribution in [0.3, 0.4) is 0 Å². The van der Waals surface area contributed by atoms with Crippen LogP contribution in [-0.2, 0) is 0 Å². The van der Waals surface area contributed by atoms with Crippen LogP contribution >= 0.6 is 0 Å². The van der Waals surface area contributed by atoms with E-state index in [0.717, 1.165) is 5.56 Å². The number of benzene rings is 1. The summed E-state index contributed by atoms with van der Waals surface area (Å²) in [6.07, 6.45) is 0. The molecule has 1 N–H and O–H groups in total. The van der Waals surface area contributed by atoms with Gasteiger partial charge in [-0.2, -0.15) is 0 Å². The Kier molecular flexibility index (Phi) is 2.34. The third-order valence-electron chi connectivity index (χ3n) is 1.75. The zero-order valence-corrected chi connectivity index (χ0v) is 8.41. The normalized spacial score (nSPS) is 10.5. The van der Waals surface area contributed by atoms with Gasteiger partial charge in [-0.1, -0.05) is 24.3 Å². The molecule has 0 amide bonds. The van der Waals surface area contributed by atoms with Crippen LogP contribution in [0, 0.1) is 6.92 Å². The molecule has 1 aromatic rings. The molecule has 11 heavy (non-hydrogen) atoms. The van der Waals surface area contributed by atoms with E-state index >= 15 is 0 Å². The first-order chi connectivity index (χ1) is 5.09. The van der Waals surface area contributed by atoms with Crippen LogP contribution in [0.15, 0.2) is 18.2 Å². The van der Waals surface area contributed by atoms with E-state index in [1.54, 1.807) is 6.07 Å². The summed E-state index contributed by atoms with van der Waals surface area (Å²) in [7, 11) is -0.745. The minimum atomic E-state index is -0.745. The Morgan fingerprint density at radius 1 is 1.18 bits per heavy atom. The molecule has 0 aromatic heterocycles. The predicted molar refractivity (Wildman–Crippen MR) is 51.4 cm³/mol. The molecule has 1 nitrogen and oxygen atoms in total. The highest BCUT2D eigenvalue weighted by Gasteiger charge is 2.01. The fourth-order valence-electron chi connectivity index (χ4n) is 1.13. The van der Waals surface area contributed by atoms with E-state index in [1.165, 1.54) is 5.19 Å². The molecule has 1 aromatic carbocycles. The molecule has 0 heterocycles. The zero-order chi connectivity index (χ0) is 8.43. The van der Waals surface area contributed by atoms with E-state index in [0.29, 0.717) is 5.75 Å². The maximum Gasteiger partial charge on any atom is 0.115 e. The van der Waals surface area contributed by atoms with Crippen LogP contribution in [0.25, 0.3) is 0 Å². The van der Waals surface area contributed by atoms with Crippen molar-refractivity contribution in [3.63, 3.8) is 0 Å². The third kappa shape index (κ3) is 2.08. The first kappa shape index (κ1) is 8.33. The van der Waals surface area contributed by atoms with E-state index in [9.17, 15) is 5.11 Å². The molecular weight excluding hydrogens is 152 g/mol. The molecule has 0 unspecified atom stereocenters. The van der Waals surface area contributed by atoms with Crippen molar-refractivity contribution >= 4 is 14.0 Å². The summed E-state index contributed by atoms with van der Waals surface area (Å²) < 4.78 is 0. The van der Waals surface area contributed by atoms with Gasteiger partial charge in [-0.25, -0.2) is 0 Å². The third-order valence-corrected chi connectivity index (χ3v) is 3.42. The smallest absolute Gasteiger partial charge is 0.115 e. The zero-order valence-electron chi connectivity index (χ0n) is 7.26. The van der Waals surface area contributed by atoms with Gasteiger partial charge in [0.15, 0.2) is 0 Å². The van der Waals surface area contributed by atoms with Crippen molar-refractivity contribution in [2.75, 3.05) is 0 Å². The number of hydrogen-bond donors (Lipinski definition) is 1. The van der Waals surface area contributed by atoms with Crippen molar-refractivity contribution < 1.29 is 5.11 Å². The summed E-state index contributed by atoms with van der Waals surface area (Å²) in [6.45, 7) is 6.53. The number of aryl methyl sites for hydroxylation is 1. The van der Waals surface area contributed by atoms with E-state index in [1.807, 2.05) is 13.0 Å². The van der Waals surface area contributed by atoms with Gasteiger partial charge in [-0.15, -0.1) is 0 Å². The first-order valence-corrected chi connectivity index (χ1v) is 6.79. The van der Waals surface area contributed by atoms with Gasteiger partial charge in [0, 0.05) is 0 Å². The largest absolute Gasteiger partial charge is 0.508 e. The van der Waals surface area contributed by atoms with Crippen LogP contribution in [0.5, 0.6) is 5.75 Å². The van der Waals surface area contributed by atoms with Crippen molar-refractivity contribution in [3.05, 3.63) is 23.8 Å². The van der Waals surface area contributed by atoms with Gasteiger partial charge in [0.1, 0.15) is 5.75 Å². The summed E-state index contributed by atoms with van der Waals surface area (Å²) >= 11 is 0. The average molecular weight is 166 g/mol. The summed E-state index contributed by atoms with van der Waals surface area (Å²) in [4.78, 5) is 0. The van der Waals surface area contributed by atoms with Crippen LogP contribution in [0.4, 0.5) is 0 Å². The fourth-order valence-corrected chi connectivity index (χ4v) is 2.23. The molecule has 0 aliphatic carbocycles. The van der Waals surface area contributed by atoms with E-state index in [-0.39, 0.29) is 0 Å². The second kappa shape index (κ2) is 3.09. The Labute approximate surface area is 69.3 Å². The molecule has 0 fully saturated rings. The number of phenolic OH excluding ortho intramolecular Hbond substituents is 1. The van der Waals surface area contributed by atoms with Gasteiger partial charge in [0.05, 0.1) is 8.80 Å². The average Bonchev–Trinajstić information content (AvgIpc) is 1.85. The molecule has 0 aliphatic heterocycles. The van der Waals surface area contributed by atoms with Crippen molar-refractivity contribution in [1.82, 2.24) is 0 Å². The van der Waals surface area contributed by atoms with Crippen molar-refractivity contribution in [2.45, 2.75) is 20.0 Å². The van der Waals surface area contributed by atoms with Crippen molar-refractivity contribution in [2.24, 2.45) is 0 Å². The van der Waals surface area contributed by atoms with Gasteiger partial charge in [0.25, 0.3) is 0 Å². The van der Waals surface area contributed by atoms with Crippen molar-refractivity contribution in [3.8, 4) is 5.75 Å². The van der Waals surface area contributed by atoms with E-state index in [2.05, 4.69) is 19.2 Å². The monoisotopic (exact) mass is 166 g/mol. The molecular formula is C9H14OSi. The van der Waals surface area contributed by atoms with Gasteiger partial charge in [0.2, 0.25) is 0 Å². The second-order valence-corrected chi connectivity index (χ2v) is 6.23. The highest BCUT2D eigenvalue weighted by molar-refractivity contribution is 6.70. The van der Waals surface area contributed by atoms with Crippen molar-refractivity contribution in [1.29, 1.82) is 0 Å². The van der Waals surface area contributed by atoms with E-state index in [4.69, 9.17) is 0 Å². The standard InChI is InChI=1S/C9H14OSi/c1-7-4-8(10)6-9(5-7)11(2)3/h4-6,10-11H,1-3H3.